The largest absolute Gasteiger partial charge is 0.480 e. The van der Waals surface area contributed by atoms with Crippen LogP contribution in [0.1, 0.15) is 100.0 Å². The monoisotopic (exact) mass is 950 g/mol. The number of aliphatic hydroxyl groups excluding tert-OH is 1. The Morgan fingerprint density at radius 2 is 1.08 bits per heavy atom. The minimum atomic E-state index is -1.64. The van der Waals surface area contributed by atoms with Crippen molar-refractivity contribution >= 4 is 65.0 Å². The van der Waals surface area contributed by atoms with Crippen LogP contribution in [0, 0.1) is 23.7 Å². The van der Waals surface area contributed by atoms with Crippen LogP contribution in [0.4, 0.5) is 0 Å². The third-order valence-electron chi connectivity index (χ3n) is 10.7. The summed E-state index contributed by atoms with van der Waals surface area (Å²) in [7, 11) is 0. The molecule has 1 aromatic rings. The Morgan fingerprint density at radius 1 is 0.606 bits per heavy atom. The molecule has 0 aromatic heterocycles. The SMILES string of the molecule is CC[C@H](C)[C@H](NC(=O)[C@@H](NC(=O)[C@H](CC(N)=O)NC(=O)[C@H](Cc1ccccc1)NC(=O)[C@H](CC(C)C)NC(=O)[C@H](CCSC)NC(=O)[C@@H](NC(=O)[C@@H](N)CC(C)C)[C@@H](C)O)C(C)C)C(=O)O. The number of benzene rings is 1. The second kappa shape index (κ2) is 29.4. The molecule has 0 saturated heterocycles. The van der Waals surface area contributed by atoms with E-state index in [1.807, 2.05) is 13.8 Å². The zero-order chi connectivity index (χ0) is 50.4. The second-order valence-electron chi connectivity index (χ2n) is 17.9. The summed E-state index contributed by atoms with van der Waals surface area (Å²) in [5.41, 5.74) is 12.1. The molecule has 13 N–H and O–H groups in total. The highest BCUT2D eigenvalue weighted by molar-refractivity contribution is 7.98. The lowest BCUT2D eigenvalue weighted by molar-refractivity contribution is -0.144. The molecule has 0 saturated carbocycles. The van der Waals surface area contributed by atoms with Crippen molar-refractivity contribution in [3.8, 4) is 0 Å². The number of thioether (sulfide) groups is 1. The van der Waals surface area contributed by atoms with E-state index in [1.54, 1.807) is 78.1 Å². The van der Waals surface area contributed by atoms with Gasteiger partial charge < -0.3 is 58.9 Å². The Labute approximate surface area is 392 Å². The van der Waals surface area contributed by atoms with E-state index in [0.717, 1.165) is 0 Å². The number of carbonyl (C=O) groups excluding carboxylic acids is 8. The molecule has 0 aliphatic rings. The maximum atomic E-state index is 14.2. The summed E-state index contributed by atoms with van der Waals surface area (Å²) in [5.74, 6) is -8.72. The summed E-state index contributed by atoms with van der Waals surface area (Å²) in [6, 6.07) is -1.94. The number of hydrogen-bond acceptors (Lipinski definition) is 12. The van der Waals surface area contributed by atoms with Crippen LogP contribution in [0.3, 0.4) is 0 Å². The van der Waals surface area contributed by atoms with Gasteiger partial charge in [0.2, 0.25) is 47.3 Å². The molecule has 0 aliphatic carbocycles. The van der Waals surface area contributed by atoms with Crippen molar-refractivity contribution in [1.82, 2.24) is 37.2 Å². The van der Waals surface area contributed by atoms with E-state index in [0.29, 0.717) is 24.2 Å². The summed E-state index contributed by atoms with van der Waals surface area (Å²) in [6.07, 6.45) is 0.536. The van der Waals surface area contributed by atoms with E-state index in [9.17, 15) is 53.4 Å². The van der Waals surface area contributed by atoms with E-state index < -0.39 is 126 Å². The Kier molecular flexibility index (Phi) is 26.1. The zero-order valence-corrected chi connectivity index (χ0v) is 40.8. The quantitative estimate of drug-likeness (QED) is 0.0478. The molecular weight excluding hydrogens is 875 g/mol. The number of carboxylic acids is 1. The molecule has 21 heteroatoms. The molecule has 0 bridgehead atoms. The van der Waals surface area contributed by atoms with Crippen LogP contribution in [0.2, 0.25) is 0 Å². The molecule has 1 aromatic carbocycles. The Balaban J connectivity index is 3.50. The Bertz CT molecular complexity index is 1780. The predicted molar refractivity (Wildman–Crippen MR) is 251 cm³/mol. The van der Waals surface area contributed by atoms with Crippen molar-refractivity contribution in [3.63, 3.8) is 0 Å². The van der Waals surface area contributed by atoms with Gasteiger partial charge in [0.25, 0.3) is 0 Å². The lowest BCUT2D eigenvalue weighted by Gasteiger charge is -2.29. The molecule has 0 unspecified atom stereocenters. The van der Waals surface area contributed by atoms with Gasteiger partial charge in [0.05, 0.1) is 18.6 Å². The molecule has 0 heterocycles. The summed E-state index contributed by atoms with van der Waals surface area (Å²) in [6.45, 7) is 15.3. The first kappa shape index (κ1) is 58.7. The first-order valence-corrected chi connectivity index (χ1v) is 23.8. The van der Waals surface area contributed by atoms with Gasteiger partial charge >= 0.3 is 5.97 Å². The highest BCUT2D eigenvalue weighted by Gasteiger charge is 2.37. The number of nitrogens with two attached hydrogens (primary N) is 2. The van der Waals surface area contributed by atoms with Gasteiger partial charge in [-0.1, -0.05) is 92.1 Å². The molecule has 0 aliphatic heterocycles. The van der Waals surface area contributed by atoms with Gasteiger partial charge in [-0.3, -0.25) is 38.4 Å². The van der Waals surface area contributed by atoms with Crippen molar-refractivity contribution in [1.29, 1.82) is 0 Å². The van der Waals surface area contributed by atoms with Crippen LogP contribution in [-0.2, 0) is 49.6 Å². The Morgan fingerprint density at radius 3 is 1.58 bits per heavy atom. The molecule has 66 heavy (non-hydrogen) atoms. The number of aliphatic hydroxyl groups is 1. The number of carbonyl (C=O) groups is 9. The maximum Gasteiger partial charge on any atom is 0.326 e. The van der Waals surface area contributed by atoms with Crippen LogP contribution in [0.15, 0.2) is 30.3 Å². The highest BCUT2D eigenvalue weighted by atomic mass is 32.2. The summed E-state index contributed by atoms with van der Waals surface area (Å²) in [5, 5.41) is 38.1. The predicted octanol–water partition coefficient (Wildman–Crippen LogP) is -0.162. The molecule has 0 spiro atoms. The van der Waals surface area contributed by atoms with Gasteiger partial charge in [-0.25, -0.2) is 4.79 Å². The summed E-state index contributed by atoms with van der Waals surface area (Å²) < 4.78 is 0. The molecule has 0 fully saturated rings. The topological polar surface area (TPSA) is 330 Å². The summed E-state index contributed by atoms with van der Waals surface area (Å²) >= 11 is 1.39. The number of amides is 8. The first-order chi connectivity index (χ1) is 30.8. The maximum absolute atomic E-state index is 14.2. The van der Waals surface area contributed by atoms with Crippen molar-refractivity contribution in [3.05, 3.63) is 35.9 Å². The number of hydrogen-bond donors (Lipinski definition) is 11. The second-order valence-corrected chi connectivity index (χ2v) is 18.9. The van der Waals surface area contributed by atoms with E-state index >= 15 is 0 Å². The van der Waals surface area contributed by atoms with Crippen molar-refractivity contribution < 1.29 is 53.4 Å². The smallest absolute Gasteiger partial charge is 0.326 e. The summed E-state index contributed by atoms with van der Waals surface area (Å²) in [4.78, 5) is 120. The molecule has 20 nitrogen and oxygen atoms in total. The highest BCUT2D eigenvalue weighted by Crippen LogP contribution is 2.13. The van der Waals surface area contributed by atoms with Gasteiger partial charge in [-0.15, -0.1) is 0 Å². The lowest BCUT2D eigenvalue weighted by Crippen LogP contribution is -2.62. The molecule has 1 rings (SSSR count). The van der Waals surface area contributed by atoms with E-state index in [2.05, 4.69) is 37.2 Å². The normalized spacial score (nSPS) is 15.9. The molecular formula is C45H75N9O11S. The number of primary amides is 1. The third-order valence-corrected chi connectivity index (χ3v) is 11.3. The number of aliphatic carboxylic acids is 1. The van der Waals surface area contributed by atoms with Crippen LogP contribution in [-0.4, -0.2) is 130 Å². The Hall–Kier alpha value is -5.28. The fourth-order valence-electron chi connectivity index (χ4n) is 6.75. The first-order valence-electron chi connectivity index (χ1n) is 22.4. The number of carboxylic acid groups (broad SMARTS) is 1. The number of nitrogens with one attached hydrogen (secondary N) is 7. The minimum absolute atomic E-state index is 0.0751. The van der Waals surface area contributed by atoms with E-state index in [1.165, 1.54) is 18.7 Å². The standard InChI is InChI=1S/C45H75N9O11S/c1-11-26(8)36(45(64)65)53-43(62)35(25(6)7)52-42(61)33(22-34(47)56)51-41(60)32(21-28-15-13-12-14-16-28)50-40(59)31(20-24(4)5)49-39(58)30(17-18-66-10)48-44(63)37(27(9)55)54-38(57)29(46)19-23(2)3/h12-16,23-27,29-33,35-37,55H,11,17-22,46H2,1-10H3,(H2,47,56)(H,48,63)(H,49,58)(H,50,59)(H,51,60)(H,52,61)(H,53,62)(H,54,57)(H,64,65)/t26-,27+,29-,30-,31-,32-,33-,35-,36-,37-/m0/s1. The molecule has 10 atom stereocenters. The zero-order valence-electron chi connectivity index (χ0n) is 40.0. The van der Waals surface area contributed by atoms with E-state index in [4.69, 9.17) is 11.5 Å². The van der Waals surface area contributed by atoms with Crippen LogP contribution in [0.5, 0.6) is 0 Å². The minimum Gasteiger partial charge on any atom is -0.480 e. The van der Waals surface area contributed by atoms with Gasteiger partial charge in [-0.05, 0) is 67.4 Å². The van der Waals surface area contributed by atoms with Gasteiger partial charge in [-0.2, -0.15) is 11.8 Å². The van der Waals surface area contributed by atoms with Crippen LogP contribution in [0.25, 0.3) is 0 Å². The third kappa shape index (κ3) is 20.9. The fraction of sp³-hybridized carbons (Fsp3) is 0.667. The number of rotatable bonds is 30. The lowest BCUT2D eigenvalue weighted by atomic mass is 9.97. The average Bonchev–Trinajstić information content (AvgIpc) is 3.23. The van der Waals surface area contributed by atoms with Crippen molar-refractivity contribution in [2.24, 2.45) is 35.1 Å². The van der Waals surface area contributed by atoms with Gasteiger partial charge in [0.15, 0.2) is 0 Å². The van der Waals surface area contributed by atoms with Crippen molar-refractivity contribution in [2.75, 3.05) is 12.0 Å². The molecule has 372 valence electrons. The van der Waals surface area contributed by atoms with Crippen molar-refractivity contribution in [2.45, 2.75) is 155 Å². The van der Waals surface area contributed by atoms with Gasteiger partial charge in [0.1, 0.15) is 42.3 Å². The fourth-order valence-corrected chi connectivity index (χ4v) is 7.22. The van der Waals surface area contributed by atoms with Gasteiger partial charge in [0, 0.05) is 6.42 Å². The molecule has 0 radical (unpaired) electrons. The average molecular weight is 950 g/mol. The van der Waals surface area contributed by atoms with Crippen LogP contribution >= 0.6 is 11.8 Å². The molecule has 8 amide bonds. The van der Waals surface area contributed by atoms with Crippen LogP contribution < -0.4 is 48.7 Å². The van der Waals surface area contributed by atoms with E-state index in [-0.39, 0.29) is 31.1 Å².